The fraction of sp³-hybridized carbons (Fsp3) is 0. The molecule has 21 heavy (non-hydrogen) atoms. The molecule has 3 rings (SSSR count). The second kappa shape index (κ2) is 5.58. The van der Waals surface area contributed by atoms with E-state index in [0.717, 1.165) is 20.8 Å². The van der Waals surface area contributed by atoms with Crippen molar-refractivity contribution in [2.24, 2.45) is 0 Å². The highest BCUT2D eigenvalue weighted by Gasteiger charge is 2.16. The van der Waals surface area contributed by atoms with E-state index < -0.39 is 10.0 Å². The van der Waals surface area contributed by atoms with Crippen molar-refractivity contribution in [2.75, 3.05) is 4.72 Å². The summed E-state index contributed by atoms with van der Waals surface area (Å²) in [6.45, 7) is 0. The van der Waals surface area contributed by atoms with E-state index in [1.54, 1.807) is 47.4 Å². The summed E-state index contributed by atoms with van der Waals surface area (Å²) in [5, 5.41) is 4.00. The lowest BCUT2D eigenvalue weighted by Crippen LogP contribution is -2.11. The van der Waals surface area contributed by atoms with Crippen molar-refractivity contribution in [3.8, 4) is 5.69 Å². The predicted molar refractivity (Wildman–Crippen MR) is 84.2 cm³/mol. The third-order valence-electron chi connectivity index (χ3n) is 2.62. The highest BCUT2D eigenvalue weighted by atomic mass is 79.9. The second-order valence-electron chi connectivity index (χ2n) is 4.05. The molecule has 0 bridgehead atoms. The van der Waals surface area contributed by atoms with E-state index in [0.29, 0.717) is 5.69 Å². The normalized spacial score (nSPS) is 11.5. The number of aromatic nitrogens is 3. The van der Waals surface area contributed by atoms with E-state index in [2.05, 4.69) is 30.7 Å². The number of hydrogen-bond donors (Lipinski definition) is 1. The maximum atomic E-state index is 12.2. The van der Waals surface area contributed by atoms with Crippen LogP contribution >= 0.6 is 27.3 Å². The van der Waals surface area contributed by atoms with Gasteiger partial charge >= 0.3 is 0 Å². The Morgan fingerprint density at radius 1 is 1.14 bits per heavy atom. The molecule has 0 saturated carbocycles. The van der Waals surface area contributed by atoms with Gasteiger partial charge in [-0.2, -0.15) is 5.10 Å². The molecule has 9 heteroatoms. The molecule has 2 heterocycles. The van der Waals surface area contributed by atoms with Gasteiger partial charge in [-0.3, -0.25) is 4.72 Å². The molecule has 0 amide bonds. The number of rotatable bonds is 4. The molecule has 3 aromatic rings. The van der Waals surface area contributed by atoms with Crippen molar-refractivity contribution in [3.63, 3.8) is 0 Å². The summed E-state index contributed by atoms with van der Waals surface area (Å²) in [5.74, 6) is 0. The molecule has 6 nitrogen and oxygen atoms in total. The summed E-state index contributed by atoms with van der Waals surface area (Å²) in [6.07, 6.45) is 3.01. The highest BCUT2D eigenvalue weighted by Crippen LogP contribution is 2.27. The number of nitrogens with zero attached hydrogens (tertiary/aromatic N) is 3. The third-order valence-corrected chi connectivity index (χ3v) is 6.11. The van der Waals surface area contributed by atoms with Gasteiger partial charge in [0.15, 0.2) is 0 Å². The fourth-order valence-electron chi connectivity index (χ4n) is 1.67. The Labute approximate surface area is 133 Å². The fourth-order valence-corrected chi connectivity index (χ4v) is 4.74. The van der Waals surface area contributed by atoms with Crippen LogP contribution in [-0.2, 0) is 10.0 Å². The molecule has 0 fully saturated rings. The Balaban J connectivity index is 1.82. The smallest absolute Gasteiger partial charge is 0.271 e. The zero-order valence-electron chi connectivity index (χ0n) is 10.5. The monoisotopic (exact) mass is 384 g/mol. The third kappa shape index (κ3) is 3.14. The van der Waals surface area contributed by atoms with Crippen LogP contribution in [0.4, 0.5) is 5.69 Å². The van der Waals surface area contributed by atoms with Crippen LogP contribution in [0.2, 0.25) is 0 Å². The minimum Gasteiger partial charge on any atom is -0.279 e. The summed E-state index contributed by atoms with van der Waals surface area (Å²) < 4.78 is 29.5. The van der Waals surface area contributed by atoms with Gasteiger partial charge < -0.3 is 0 Å². The van der Waals surface area contributed by atoms with Crippen LogP contribution in [0.3, 0.4) is 0 Å². The SMILES string of the molecule is O=S(=O)(Nc1ccc(-n2cncn2)cc1)c1ccc(Br)s1. The van der Waals surface area contributed by atoms with Crippen LogP contribution in [0.1, 0.15) is 0 Å². The van der Waals surface area contributed by atoms with Crippen molar-refractivity contribution in [2.45, 2.75) is 4.21 Å². The molecular weight excluding hydrogens is 376 g/mol. The molecule has 2 aromatic heterocycles. The van der Waals surface area contributed by atoms with Crippen LogP contribution in [0.25, 0.3) is 5.69 Å². The molecular formula is C12H9BrN4O2S2. The first kappa shape index (κ1) is 14.2. The average Bonchev–Trinajstić information content (AvgIpc) is 3.10. The first-order valence-corrected chi connectivity index (χ1v) is 8.87. The zero-order valence-corrected chi connectivity index (χ0v) is 13.7. The summed E-state index contributed by atoms with van der Waals surface area (Å²) in [5.41, 5.74) is 1.29. The molecule has 0 unspecified atom stereocenters. The van der Waals surface area contributed by atoms with Gasteiger partial charge in [-0.05, 0) is 52.3 Å². The van der Waals surface area contributed by atoms with Gasteiger partial charge in [-0.25, -0.2) is 18.1 Å². The Kier molecular flexibility index (Phi) is 3.79. The maximum Gasteiger partial charge on any atom is 0.271 e. The van der Waals surface area contributed by atoms with Crippen molar-refractivity contribution in [1.82, 2.24) is 14.8 Å². The predicted octanol–water partition coefficient (Wildman–Crippen LogP) is 2.89. The first-order valence-electron chi connectivity index (χ1n) is 5.78. The van der Waals surface area contributed by atoms with Gasteiger partial charge in [0, 0.05) is 5.69 Å². The Morgan fingerprint density at radius 3 is 2.48 bits per heavy atom. The number of sulfonamides is 1. The van der Waals surface area contributed by atoms with Gasteiger partial charge in [-0.15, -0.1) is 11.3 Å². The van der Waals surface area contributed by atoms with Gasteiger partial charge in [0.05, 0.1) is 9.47 Å². The molecule has 0 spiro atoms. The van der Waals surface area contributed by atoms with Crippen LogP contribution < -0.4 is 4.72 Å². The lowest BCUT2D eigenvalue weighted by molar-refractivity contribution is 0.603. The standard InChI is InChI=1S/C12H9BrN4O2S2/c13-11-5-6-12(20-11)21(18,19)16-9-1-3-10(4-2-9)17-8-14-7-15-17/h1-8,16H. The molecule has 0 saturated heterocycles. The Hall–Kier alpha value is -1.71. The van der Waals surface area contributed by atoms with E-state index in [9.17, 15) is 8.42 Å². The lowest BCUT2D eigenvalue weighted by Gasteiger charge is -2.07. The quantitative estimate of drug-likeness (QED) is 0.749. The summed E-state index contributed by atoms with van der Waals surface area (Å²) in [4.78, 5) is 3.86. The molecule has 108 valence electrons. The van der Waals surface area contributed by atoms with E-state index in [4.69, 9.17) is 0 Å². The van der Waals surface area contributed by atoms with E-state index in [-0.39, 0.29) is 4.21 Å². The van der Waals surface area contributed by atoms with E-state index >= 15 is 0 Å². The Morgan fingerprint density at radius 2 is 1.90 bits per heavy atom. The number of thiophene rings is 1. The highest BCUT2D eigenvalue weighted by molar-refractivity contribution is 9.11. The zero-order chi connectivity index (χ0) is 14.9. The molecule has 0 atom stereocenters. The number of anilines is 1. The minimum absolute atomic E-state index is 0.259. The van der Waals surface area contributed by atoms with Gasteiger partial charge in [0.1, 0.15) is 16.9 Å². The molecule has 0 aliphatic rings. The van der Waals surface area contributed by atoms with Crippen LogP contribution in [0.5, 0.6) is 0 Å². The first-order chi connectivity index (χ1) is 10.0. The van der Waals surface area contributed by atoms with Crippen LogP contribution in [0.15, 0.2) is 57.0 Å². The summed E-state index contributed by atoms with van der Waals surface area (Å²) in [6, 6.07) is 10.1. The van der Waals surface area contributed by atoms with Crippen LogP contribution in [-0.4, -0.2) is 23.2 Å². The van der Waals surface area contributed by atoms with Crippen molar-refractivity contribution < 1.29 is 8.42 Å². The largest absolute Gasteiger partial charge is 0.279 e. The minimum atomic E-state index is -3.56. The van der Waals surface area contributed by atoms with E-state index in [1.165, 1.54) is 6.33 Å². The van der Waals surface area contributed by atoms with Crippen molar-refractivity contribution in [1.29, 1.82) is 0 Å². The maximum absolute atomic E-state index is 12.2. The lowest BCUT2D eigenvalue weighted by atomic mass is 10.3. The molecule has 1 aromatic carbocycles. The molecule has 0 aliphatic heterocycles. The van der Waals surface area contributed by atoms with E-state index in [1.807, 2.05) is 0 Å². The summed E-state index contributed by atoms with van der Waals surface area (Å²) >= 11 is 4.41. The van der Waals surface area contributed by atoms with Gasteiger partial charge in [0.25, 0.3) is 10.0 Å². The van der Waals surface area contributed by atoms with Crippen LogP contribution in [0, 0.1) is 0 Å². The number of halogens is 1. The summed E-state index contributed by atoms with van der Waals surface area (Å²) in [7, 11) is -3.56. The van der Waals surface area contributed by atoms with Crippen molar-refractivity contribution in [3.05, 3.63) is 52.8 Å². The second-order valence-corrected chi connectivity index (χ2v) is 8.42. The molecule has 1 N–H and O–H groups in total. The van der Waals surface area contributed by atoms with Gasteiger partial charge in [0.2, 0.25) is 0 Å². The average molecular weight is 385 g/mol. The molecule has 0 aliphatic carbocycles. The number of hydrogen-bond acceptors (Lipinski definition) is 5. The Bertz CT molecular complexity index is 842. The number of benzene rings is 1. The van der Waals surface area contributed by atoms with Gasteiger partial charge in [-0.1, -0.05) is 0 Å². The topological polar surface area (TPSA) is 76.9 Å². The molecule has 0 radical (unpaired) electrons. The number of nitrogens with one attached hydrogen (secondary N) is 1. The van der Waals surface area contributed by atoms with Crippen molar-refractivity contribution >= 4 is 43.0 Å².